The van der Waals surface area contributed by atoms with E-state index in [2.05, 4.69) is 9.62 Å². The third-order valence-electron chi connectivity index (χ3n) is 5.08. The van der Waals surface area contributed by atoms with Crippen molar-refractivity contribution in [3.63, 3.8) is 0 Å². The Balaban J connectivity index is 1.55. The Morgan fingerprint density at radius 1 is 0.968 bits per heavy atom. The van der Waals surface area contributed by atoms with Gasteiger partial charge in [-0.1, -0.05) is 36.4 Å². The van der Waals surface area contributed by atoms with Crippen LogP contribution in [0.2, 0.25) is 0 Å². The van der Waals surface area contributed by atoms with E-state index >= 15 is 0 Å². The molecule has 0 aliphatic carbocycles. The Morgan fingerprint density at radius 3 is 2.42 bits per heavy atom. The maximum atomic E-state index is 12.8. The minimum Gasteiger partial charge on any atom is -0.340 e. The Kier molecular flexibility index (Phi) is 7.34. The number of carbonyl (C=O) groups is 1. The van der Waals surface area contributed by atoms with Gasteiger partial charge in [0.25, 0.3) is 0 Å². The van der Waals surface area contributed by atoms with Crippen LogP contribution in [0.25, 0.3) is 0 Å². The number of nitrogens with zero attached hydrogens (tertiary/aromatic N) is 2. The van der Waals surface area contributed by atoms with Gasteiger partial charge in [0.05, 0.1) is 17.0 Å². The van der Waals surface area contributed by atoms with Gasteiger partial charge in [-0.15, -0.1) is 0 Å². The lowest BCUT2D eigenvalue weighted by Crippen LogP contribution is -2.41. The summed E-state index contributed by atoms with van der Waals surface area (Å²) in [5, 5.41) is 0. The molecule has 0 bridgehead atoms. The van der Waals surface area contributed by atoms with Crippen molar-refractivity contribution >= 4 is 15.9 Å². The molecule has 2 aromatic rings. The van der Waals surface area contributed by atoms with Crippen molar-refractivity contribution in [2.45, 2.75) is 24.0 Å². The topological polar surface area (TPSA) is 69.7 Å². The highest BCUT2D eigenvalue weighted by molar-refractivity contribution is 7.89. The molecule has 0 atom stereocenters. The van der Waals surface area contributed by atoms with Crippen LogP contribution in [0.15, 0.2) is 59.5 Å². The lowest BCUT2D eigenvalue weighted by Gasteiger charge is -2.22. The molecule has 168 valence electrons. The first-order chi connectivity index (χ1) is 14.6. The molecule has 1 aliphatic heterocycles. The molecule has 1 saturated heterocycles. The van der Waals surface area contributed by atoms with E-state index in [0.717, 1.165) is 37.7 Å². The molecule has 1 N–H and O–H groups in total. The number of amides is 1. The van der Waals surface area contributed by atoms with E-state index in [1.165, 1.54) is 5.56 Å². The number of nitrogens with one attached hydrogen (secondary N) is 1. The van der Waals surface area contributed by atoms with E-state index in [-0.39, 0.29) is 0 Å². The molecule has 6 nitrogen and oxygen atoms in total. The number of benzene rings is 2. The van der Waals surface area contributed by atoms with Crippen molar-refractivity contribution in [3.05, 3.63) is 65.7 Å². The maximum absolute atomic E-state index is 12.8. The summed E-state index contributed by atoms with van der Waals surface area (Å²) in [4.78, 5) is 15.8. The Labute approximate surface area is 179 Å². The summed E-state index contributed by atoms with van der Waals surface area (Å²) in [7, 11) is -4.25. The van der Waals surface area contributed by atoms with E-state index in [4.69, 9.17) is 0 Å². The van der Waals surface area contributed by atoms with Crippen molar-refractivity contribution in [2.75, 3.05) is 32.7 Å². The predicted molar refractivity (Wildman–Crippen MR) is 110 cm³/mol. The molecule has 1 heterocycles. The number of alkyl halides is 3. The van der Waals surface area contributed by atoms with Crippen LogP contribution in [0, 0.1) is 0 Å². The van der Waals surface area contributed by atoms with Crippen molar-refractivity contribution in [2.24, 2.45) is 0 Å². The summed E-state index contributed by atoms with van der Waals surface area (Å²) in [5.74, 6) is -0.405. The number of hydrogen-bond donors (Lipinski definition) is 1. The van der Waals surface area contributed by atoms with Gasteiger partial charge in [0.15, 0.2) is 0 Å². The zero-order chi connectivity index (χ0) is 22.5. The number of carbonyl (C=O) groups excluding carboxylic acids is 1. The highest BCUT2D eigenvalue weighted by Gasteiger charge is 2.32. The minimum absolute atomic E-state index is 0.405. The monoisotopic (exact) mass is 455 g/mol. The van der Waals surface area contributed by atoms with Crippen molar-refractivity contribution in [1.29, 1.82) is 0 Å². The SMILES string of the molecule is O=C(CNS(=O)(=O)c1cccc(C(F)(F)F)c1)N1CCCN(Cc2ccccc2)CC1. The van der Waals surface area contributed by atoms with Crippen molar-refractivity contribution < 1.29 is 26.4 Å². The van der Waals surface area contributed by atoms with Gasteiger partial charge in [-0.3, -0.25) is 9.69 Å². The molecule has 2 aromatic carbocycles. The van der Waals surface area contributed by atoms with E-state index in [0.29, 0.717) is 25.7 Å². The Hall–Kier alpha value is -2.43. The fourth-order valence-electron chi connectivity index (χ4n) is 3.41. The predicted octanol–water partition coefficient (Wildman–Crippen LogP) is 2.72. The fourth-order valence-corrected chi connectivity index (χ4v) is 4.43. The van der Waals surface area contributed by atoms with Gasteiger partial charge in [-0.2, -0.15) is 13.2 Å². The minimum atomic E-state index is -4.65. The van der Waals surface area contributed by atoms with Crippen LogP contribution in [-0.2, 0) is 27.5 Å². The lowest BCUT2D eigenvalue weighted by atomic mass is 10.2. The molecule has 0 saturated carbocycles. The molecule has 3 rings (SSSR count). The first kappa shape index (κ1) is 23.2. The normalized spacial score (nSPS) is 16.2. The Bertz CT molecular complexity index is 998. The second-order valence-electron chi connectivity index (χ2n) is 7.35. The summed E-state index contributed by atoms with van der Waals surface area (Å²) >= 11 is 0. The largest absolute Gasteiger partial charge is 0.416 e. The molecular formula is C21H24F3N3O3S. The quantitative estimate of drug-likeness (QED) is 0.727. The van der Waals surface area contributed by atoms with Gasteiger partial charge < -0.3 is 4.90 Å². The van der Waals surface area contributed by atoms with Crippen LogP contribution < -0.4 is 4.72 Å². The number of hydrogen-bond acceptors (Lipinski definition) is 4. The average molecular weight is 456 g/mol. The summed E-state index contributed by atoms with van der Waals surface area (Å²) in [5.41, 5.74) is 0.115. The van der Waals surface area contributed by atoms with Crippen LogP contribution in [0.3, 0.4) is 0 Å². The summed E-state index contributed by atoms with van der Waals surface area (Å²) in [6.45, 7) is 2.68. The molecular weight excluding hydrogens is 431 g/mol. The molecule has 0 unspecified atom stereocenters. The highest BCUT2D eigenvalue weighted by atomic mass is 32.2. The van der Waals surface area contributed by atoms with E-state index in [1.54, 1.807) is 4.90 Å². The molecule has 1 fully saturated rings. The van der Waals surface area contributed by atoms with E-state index in [1.807, 2.05) is 30.3 Å². The van der Waals surface area contributed by atoms with Gasteiger partial charge in [-0.05, 0) is 30.2 Å². The second-order valence-corrected chi connectivity index (χ2v) is 9.11. The highest BCUT2D eigenvalue weighted by Crippen LogP contribution is 2.30. The van der Waals surface area contributed by atoms with Crippen LogP contribution in [0.1, 0.15) is 17.5 Å². The zero-order valence-electron chi connectivity index (χ0n) is 16.8. The summed E-state index contributed by atoms with van der Waals surface area (Å²) < 4.78 is 65.4. The van der Waals surface area contributed by atoms with Crippen molar-refractivity contribution in [1.82, 2.24) is 14.5 Å². The van der Waals surface area contributed by atoms with E-state index in [9.17, 15) is 26.4 Å². The third kappa shape index (κ3) is 6.52. The third-order valence-corrected chi connectivity index (χ3v) is 6.47. The molecule has 31 heavy (non-hydrogen) atoms. The Morgan fingerprint density at radius 2 is 1.71 bits per heavy atom. The average Bonchev–Trinajstić information content (AvgIpc) is 2.98. The molecule has 0 aromatic heterocycles. The lowest BCUT2D eigenvalue weighted by molar-refractivity contribution is -0.137. The van der Waals surface area contributed by atoms with Gasteiger partial charge in [-0.25, -0.2) is 13.1 Å². The van der Waals surface area contributed by atoms with Crippen LogP contribution in [-0.4, -0.2) is 56.8 Å². The van der Waals surface area contributed by atoms with Crippen LogP contribution >= 0.6 is 0 Å². The summed E-state index contributed by atoms with van der Waals surface area (Å²) in [6, 6.07) is 13.4. The number of sulfonamides is 1. The van der Waals surface area contributed by atoms with Gasteiger partial charge in [0.2, 0.25) is 15.9 Å². The van der Waals surface area contributed by atoms with Crippen molar-refractivity contribution in [3.8, 4) is 0 Å². The van der Waals surface area contributed by atoms with Crippen LogP contribution in [0.4, 0.5) is 13.2 Å². The molecule has 1 aliphatic rings. The standard InChI is InChI=1S/C21H24F3N3O3S/c22-21(23,24)18-8-4-9-19(14-18)31(29,30)25-15-20(28)27-11-5-10-26(12-13-27)16-17-6-2-1-3-7-17/h1-4,6-9,14,25H,5,10-13,15-16H2. The zero-order valence-corrected chi connectivity index (χ0v) is 17.6. The molecule has 0 radical (unpaired) electrons. The fraction of sp³-hybridized carbons (Fsp3) is 0.381. The first-order valence-electron chi connectivity index (χ1n) is 9.86. The number of rotatable bonds is 6. The second kappa shape index (κ2) is 9.80. The van der Waals surface area contributed by atoms with Gasteiger partial charge in [0, 0.05) is 32.7 Å². The molecule has 0 spiro atoms. The molecule has 10 heteroatoms. The van der Waals surface area contributed by atoms with Gasteiger partial charge in [0.1, 0.15) is 0 Å². The van der Waals surface area contributed by atoms with E-state index < -0.39 is 39.1 Å². The molecule has 1 amide bonds. The first-order valence-corrected chi connectivity index (χ1v) is 11.3. The summed E-state index contributed by atoms with van der Waals surface area (Å²) in [6.07, 6.45) is -3.90. The van der Waals surface area contributed by atoms with Crippen LogP contribution in [0.5, 0.6) is 0 Å². The van der Waals surface area contributed by atoms with Gasteiger partial charge >= 0.3 is 6.18 Å². The smallest absolute Gasteiger partial charge is 0.340 e. The maximum Gasteiger partial charge on any atom is 0.416 e. The number of halogens is 3.